The molecule has 1 heterocycles. The lowest BCUT2D eigenvalue weighted by Gasteiger charge is -2.27. The summed E-state index contributed by atoms with van der Waals surface area (Å²) in [5, 5.41) is 3.73. The molecule has 1 fully saturated rings. The molecular formula is C18H28ClN3O2. The van der Waals surface area contributed by atoms with Gasteiger partial charge in [-0.05, 0) is 44.0 Å². The number of carbonyl (C=O) groups is 1. The van der Waals surface area contributed by atoms with Crippen LogP contribution in [0.2, 0.25) is 5.02 Å². The maximum Gasteiger partial charge on any atom is 0.317 e. The third-order valence-electron chi connectivity index (χ3n) is 4.38. The minimum Gasteiger partial charge on any atom is -0.379 e. The molecule has 24 heavy (non-hydrogen) atoms. The van der Waals surface area contributed by atoms with Gasteiger partial charge in [0.05, 0.1) is 19.3 Å². The number of amides is 2. The van der Waals surface area contributed by atoms with Crippen LogP contribution in [0.25, 0.3) is 0 Å². The molecule has 0 radical (unpaired) electrons. The van der Waals surface area contributed by atoms with Crippen LogP contribution in [0, 0.1) is 0 Å². The van der Waals surface area contributed by atoms with Crippen LogP contribution in [0.3, 0.4) is 0 Å². The Bertz CT molecular complexity index is 503. The normalized spacial score (nSPS) is 16.6. The van der Waals surface area contributed by atoms with Crippen molar-refractivity contribution in [3.05, 3.63) is 34.9 Å². The summed E-state index contributed by atoms with van der Waals surface area (Å²) >= 11 is 5.89. The highest BCUT2D eigenvalue weighted by molar-refractivity contribution is 6.30. The highest BCUT2D eigenvalue weighted by Crippen LogP contribution is 2.16. The van der Waals surface area contributed by atoms with Crippen LogP contribution < -0.4 is 5.32 Å². The summed E-state index contributed by atoms with van der Waals surface area (Å²) < 4.78 is 5.35. The van der Waals surface area contributed by atoms with Gasteiger partial charge in [-0.2, -0.15) is 0 Å². The third kappa shape index (κ3) is 6.30. The Balaban J connectivity index is 1.64. The molecule has 1 saturated heterocycles. The fraction of sp³-hybridized carbons (Fsp3) is 0.611. The number of ether oxygens (including phenoxy) is 1. The summed E-state index contributed by atoms with van der Waals surface area (Å²) in [6.45, 7) is 7.55. The van der Waals surface area contributed by atoms with E-state index >= 15 is 0 Å². The molecule has 6 heteroatoms. The number of halogens is 1. The minimum atomic E-state index is -0.0381. The molecule has 2 rings (SSSR count). The van der Waals surface area contributed by atoms with Crippen molar-refractivity contribution >= 4 is 17.6 Å². The van der Waals surface area contributed by atoms with E-state index in [1.807, 2.05) is 38.2 Å². The van der Waals surface area contributed by atoms with Gasteiger partial charge >= 0.3 is 6.03 Å². The molecule has 1 aliphatic rings. The first-order valence-corrected chi connectivity index (χ1v) is 9.01. The molecule has 0 bridgehead atoms. The molecule has 0 saturated carbocycles. The first-order chi connectivity index (χ1) is 11.6. The molecule has 0 aliphatic carbocycles. The number of hydrogen-bond donors (Lipinski definition) is 1. The molecule has 1 aromatic rings. The maximum atomic E-state index is 12.3. The van der Waals surface area contributed by atoms with Crippen LogP contribution in [0.1, 0.15) is 31.4 Å². The Morgan fingerprint density at radius 3 is 2.62 bits per heavy atom. The van der Waals surface area contributed by atoms with Crippen molar-refractivity contribution in [2.75, 3.05) is 46.4 Å². The van der Waals surface area contributed by atoms with Crippen molar-refractivity contribution in [2.24, 2.45) is 0 Å². The van der Waals surface area contributed by atoms with E-state index in [9.17, 15) is 4.79 Å². The van der Waals surface area contributed by atoms with E-state index in [2.05, 4.69) is 10.2 Å². The van der Waals surface area contributed by atoms with Gasteiger partial charge in [-0.25, -0.2) is 4.79 Å². The molecule has 1 aliphatic heterocycles. The van der Waals surface area contributed by atoms with Crippen molar-refractivity contribution in [2.45, 2.75) is 25.8 Å². The van der Waals surface area contributed by atoms with Gasteiger partial charge in [0.15, 0.2) is 0 Å². The number of carbonyl (C=O) groups excluding carboxylic acids is 1. The van der Waals surface area contributed by atoms with E-state index in [1.54, 1.807) is 4.90 Å². The van der Waals surface area contributed by atoms with Gasteiger partial charge in [-0.15, -0.1) is 0 Å². The summed E-state index contributed by atoms with van der Waals surface area (Å²) in [5.41, 5.74) is 1.05. The largest absolute Gasteiger partial charge is 0.379 e. The summed E-state index contributed by atoms with van der Waals surface area (Å²) in [7, 11) is 1.85. The van der Waals surface area contributed by atoms with Crippen molar-refractivity contribution < 1.29 is 9.53 Å². The number of nitrogens with zero attached hydrogens (tertiary/aromatic N) is 2. The number of hydrogen-bond acceptors (Lipinski definition) is 3. The molecule has 5 nitrogen and oxygen atoms in total. The lowest BCUT2D eigenvalue weighted by atomic mass is 10.1. The van der Waals surface area contributed by atoms with E-state index in [1.165, 1.54) is 0 Å². The molecule has 1 atom stereocenters. The van der Waals surface area contributed by atoms with Crippen LogP contribution >= 0.6 is 11.6 Å². The minimum absolute atomic E-state index is 0.0365. The summed E-state index contributed by atoms with van der Waals surface area (Å²) in [6, 6.07) is 7.49. The summed E-state index contributed by atoms with van der Waals surface area (Å²) in [4.78, 5) is 16.4. The van der Waals surface area contributed by atoms with Gasteiger partial charge in [0.25, 0.3) is 0 Å². The van der Waals surface area contributed by atoms with Crippen LogP contribution in [0.15, 0.2) is 24.3 Å². The van der Waals surface area contributed by atoms with Gasteiger partial charge in [0.1, 0.15) is 0 Å². The van der Waals surface area contributed by atoms with E-state index in [-0.39, 0.29) is 12.1 Å². The fourth-order valence-corrected chi connectivity index (χ4v) is 2.87. The maximum absolute atomic E-state index is 12.3. The Kier molecular flexibility index (Phi) is 7.82. The number of nitrogens with one attached hydrogen (secondary N) is 1. The van der Waals surface area contributed by atoms with E-state index in [4.69, 9.17) is 16.3 Å². The number of rotatable bonds is 7. The zero-order valence-electron chi connectivity index (χ0n) is 14.6. The van der Waals surface area contributed by atoms with Crippen LogP contribution in [-0.2, 0) is 4.74 Å². The molecule has 0 aromatic heterocycles. The zero-order chi connectivity index (χ0) is 17.4. The number of morpholine rings is 1. The first kappa shape index (κ1) is 19.0. The van der Waals surface area contributed by atoms with E-state index < -0.39 is 0 Å². The van der Waals surface area contributed by atoms with Gasteiger partial charge in [0.2, 0.25) is 0 Å². The average molecular weight is 354 g/mol. The molecule has 0 spiro atoms. The molecule has 1 aromatic carbocycles. The molecule has 1 N–H and O–H groups in total. The monoisotopic (exact) mass is 353 g/mol. The quantitative estimate of drug-likeness (QED) is 0.766. The number of benzene rings is 1. The molecule has 2 amide bonds. The van der Waals surface area contributed by atoms with E-state index in [0.29, 0.717) is 5.02 Å². The topological polar surface area (TPSA) is 44.8 Å². The van der Waals surface area contributed by atoms with Crippen molar-refractivity contribution in [3.8, 4) is 0 Å². The summed E-state index contributed by atoms with van der Waals surface area (Å²) in [6.07, 6.45) is 2.11. The smallest absolute Gasteiger partial charge is 0.317 e. The SMILES string of the molecule is CC(NC(=O)N(C)CCCCN1CCOCC1)c1ccc(Cl)cc1. The highest BCUT2D eigenvalue weighted by atomic mass is 35.5. The predicted molar refractivity (Wildman–Crippen MR) is 97.5 cm³/mol. The number of unbranched alkanes of at least 4 members (excludes halogenated alkanes) is 1. The standard InChI is InChI=1S/C18H28ClN3O2/c1-15(16-5-7-17(19)8-6-16)20-18(23)21(2)9-3-4-10-22-11-13-24-14-12-22/h5-8,15H,3-4,9-14H2,1-2H3,(H,20,23). The van der Waals surface area contributed by atoms with Gasteiger partial charge < -0.3 is 15.0 Å². The molecule has 134 valence electrons. The zero-order valence-corrected chi connectivity index (χ0v) is 15.4. The lowest BCUT2D eigenvalue weighted by molar-refractivity contribution is 0.0370. The summed E-state index contributed by atoms with van der Waals surface area (Å²) in [5.74, 6) is 0. The lowest BCUT2D eigenvalue weighted by Crippen LogP contribution is -2.39. The predicted octanol–water partition coefficient (Wildman–Crippen LogP) is 3.15. The van der Waals surface area contributed by atoms with E-state index in [0.717, 1.165) is 57.8 Å². The Morgan fingerprint density at radius 1 is 1.29 bits per heavy atom. The fourth-order valence-electron chi connectivity index (χ4n) is 2.74. The average Bonchev–Trinajstić information content (AvgIpc) is 2.60. The van der Waals surface area contributed by atoms with Crippen LogP contribution in [0.5, 0.6) is 0 Å². The van der Waals surface area contributed by atoms with Crippen LogP contribution in [0.4, 0.5) is 4.79 Å². The van der Waals surface area contributed by atoms with Crippen molar-refractivity contribution in [3.63, 3.8) is 0 Å². The van der Waals surface area contributed by atoms with Crippen LogP contribution in [-0.4, -0.2) is 62.3 Å². The Morgan fingerprint density at radius 2 is 1.96 bits per heavy atom. The molecule has 1 unspecified atom stereocenters. The Hall–Kier alpha value is -1.30. The van der Waals surface area contributed by atoms with Crippen molar-refractivity contribution in [1.29, 1.82) is 0 Å². The number of urea groups is 1. The highest BCUT2D eigenvalue weighted by Gasteiger charge is 2.14. The van der Waals surface area contributed by atoms with Gasteiger partial charge in [-0.1, -0.05) is 23.7 Å². The first-order valence-electron chi connectivity index (χ1n) is 8.63. The molecular weight excluding hydrogens is 326 g/mol. The van der Waals surface area contributed by atoms with Gasteiger partial charge in [-0.3, -0.25) is 4.90 Å². The second-order valence-electron chi connectivity index (χ2n) is 6.31. The third-order valence-corrected chi connectivity index (χ3v) is 4.63. The second kappa shape index (κ2) is 9.87. The second-order valence-corrected chi connectivity index (χ2v) is 6.74. The van der Waals surface area contributed by atoms with Gasteiger partial charge in [0, 0.05) is 31.7 Å². The Labute approximate surface area is 149 Å². The van der Waals surface area contributed by atoms with Crippen molar-refractivity contribution in [1.82, 2.24) is 15.1 Å².